The average molecular weight is 276 g/mol. The van der Waals surface area contributed by atoms with Crippen molar-refractivity contribution in [2.24, 2.45) is 0 Å². The van der Waals surface area contributed by atoms with Crippen LogP contribution in [0.25, 0.3) is 0 Å². The summed E-state index contributed by atoms with van der Waals surface area (Å²) in [7, 11) is 0. The lowest BCUT2D eigenvalue weighted by atomic mass is 10.1. The Morgan fingerprint density at radius 3 is 2.60 bits per heavy atom. The fourth-order valence-corrected chi connectivity index (χ4v) is 1.61. The van der Waals surface area contributed by atoms with E-state index in [4.69, 9.17) is 5.11 Å². The molecule has 0 fully saturated rings. The number of hydrogen-bond acceptors (Lipinski definition) is 2. The molecule has 82 valence electrons. The Bertz CT molecular complexity index is 393. The van der Waals surface area contributed by atoms with Crippen LogP contribution in [0.1, 0.15) is 24.2 Å². The summed E-state index contributed by atoms with van der Waals surface area (Å²) in [6, 6.07) is 2.58. The molecule has 0 radical (unpaired) electrons. The van der Waals surface area contributed by atoms with Gasteiger partial charge < -0.3 is 10.4 Å². The molecule has 0 bridgehead atoms. The number of aromatic carboxylic acids is 1. The Morgan fingerprint density at radius 1 is 1.53 bits per heavy atom. The number of carbonyl (C=O) groups is 1. The van der Waals surface area contributed by atoms with E-state index in [2.05, 4.69) is 21.2 Å². The summed E-state index contributed by atoms with van der Waals surface area (Å²) >= 11 is 3.05. The monoisotopic (exact) mass is 275 g/mol. The number of halogens is 2. The van der Waals surface area contributed by atoms with Crippen molar-refractivity contribution >= 4 is 27.6 Å². The SMILES string of the molecule is CC(C)Nc1c(F)cc(Br)cc1C(=O)O. The van der Waals surface area contributed by atoms with E-state index in [0.717, 1.165) is 0 Å². The number of anilines is 1. The van der Waals surface area contributed by atoms with Crippen LogP contribution < -0.4 is 5.32 Å². The largest absolute Gasteiger partial charge is 0.478 e. The number of hydrogen-bond donors (Lipinski definition) is 2. The van der Waals surface area contributed by atoms with Crippen molar-refractivity contribution in [3.63, 3.8) is 0 Å². The van der Waals surface area contributed by atoms with Gasteiger partial charge in [0.2, 0.25) is 0 Å². The predicted molar refractivity (Wildman–Crippen MR) is 59.8 cm³/mol. The number of carboxylic acids is 1. The molecule has 1 rings (SSSR count). The fraction of sp³-hybridized carbons (Fsp3) is 0.300. The normalized spacial score (nSPS) is 10.5. The van der Waals surface area contributed by atoms with Crippen LogP contribution in [-0.4, -0.2) is 17.1 Å². The molecule has 1 aromatic carbocycles. The maximum Gasteiger partial charge on any atom is 0.337 e. The summed E-state index contributed by atoms with van der Waals surface area (Å²) in [4.78, 5) is 10.9. The van der Waals surface area contributed by atoms with Crippen molar-refractivity contribution in [3.05, 3.63) is 28.0 Å². The molecule has 0 amide bonds. The Morgan fingerprint density at radius 2 is 2.13 bits per heavy atom. The van der Waals surface area contributed by atoms with Crippen LogP contribution in [0.5, 0.6) is 0 Å². The molecule has 5 heteroatoms. The van der Waals surface area contributed by atoms with E-state index < -0.39 is 11.8 Å². The van der Waals surface area contributed by atoms with Gasteiger partial charge in [0.25, 0.3) is 0 Å². The molecule has 15 heavy (non-hydrogen) atoms. The van der Waals surface area contributed by atoms with Gasteiger partial charge >= 0.3 is 5.97 Å². The third kappa shape index (κ3) is 2.92. The summed E-state index contributed by atoms with van der Waals surface area (Å²) in [5.74, 6) is -1.73. The standard InChI is InChI=1S/C10H11BrFNO2/c1-5(2)13-9-7(10(14)15)3-6(11)4-8(9)12/h3-5,13H,1-2H3,(H,14,15). The first kappa shape index (κ1) is 12.0. The lowest BCUT2D eigenvalue weighted by molar-refractivity contribution is 0.0697. The maximum atomic E-state index is 13.5. The molecular formula is C10H11BrFNO2. The second-order valence-electron chi connectivity index (χ2n) is 3.41. The van der Waals surface area contributed by atoms with Crippen LogP contribution >= 0.6 is 15.9 Å². The van der Waals surface area contributed by atoms with Crippen molar-refractivity contribution < 1.29 is 14.3 Å². The van der Waals surface area contributed by atoms with Crippen molar-refractivity contribution in [2.75, 3.05) is 5.32 Å². The fourth-order valence-electron chi connectivity index (χ4n) is 1.18. The van der Waals surface area contributed by atoms with E-state index in [1.165, 1.54) is 12.1 Å². The van der Waals surface area contributed by atoms with E-state index in [-0.39, 0.29) is 17.3 Å². The van der Waals surface area contributed by atoms with Gasteiger partial charge in [-0.1, -0.05) is 15.9 Å². The first-order valence-electron chi connectivity index (χ1n) is 4.40. The maximum absolute atomic E-state index is 13.5. The van der Waals surface area contributed by atoms with E-state index in [1.54, 1.807) is 0 Å². The van der Waals surface area contributed by atoms with E-state index in [9.17, 15) is 9.18 Å². The second kappa shape index (κ2) is 4.61. The minimum Gasteiger partial charge on any atom is -0.478 e. The number of carboxylic acid groups (broad SMARTS) is 1. The highest BCUT2D eigenvalue weighted by molar-refractivity contribution is 9.10. The van der Waals surface area contributed by atoms with Crippen molar-refractivity contribution in [1.82, 2.24) is 0 Å². The topological polar surface area (TPSA) is 49.3 Å². The van der Waals surface area contributed by atoms with Gasteiger partial charge in [-0.25, -0.2) is 9.18 Å². The first-order valence-corrected chi connectivity index (χ1v) is 5.20. The zero-order valence-electron chi connectivity index (χ0n) is 8.34. The molecule has 2 N–H and O–H groups in total. The molecule has 0 saturated heterocycles. The zero-order chi connectivity index (χ0) is 11.6. The van der Waals surface area contributed by atoms with Crippen LogP contribution in [-0.2, 0) is 0 Å². The third-order valence-electron chi connectivity index (χ3n) is 1.72. The number of benzene rings is 1. The van der Waals surface area contributed by atoms with Gasteiger partial charge in [0.1, 0.15) is 5.82 Å². The average Bonchev–Trinajstić information content (AvgIpc) is 2.08. The summed E-state index contributed by atoms with van der Waals surface area (Å²) in [6.07, 6.45) is 0. The quantitative estimate of drug-likeness (QED) is 0.891. The van der Waals surface area contributed by atoms with Gasteiger partial charge in [0.05, 0.1) is 11.3 Å². The molecule has 0 aliphatic heterocycles. The van der Waals surface area contributed by atoms with Crippen molar-refractivity contribution in [3.8, 4) is 0 Å². The van der Waals surface area contributed by atoms with Crippen LogP contribution in [0.2, 0.25) is 0 Å². The lowest BCUT2D eigenvalue weighted by Crippen LogP contribution is -2.15. The molecule has 1 aromatic rings. The molecule has 0 atom stereocenters. The van der Waals surface area contributed by atoms with Gasteiger partial charge in [0.15, 0.2) is 0 Å². The first-order chi connectivity index (χ1) is 6.91. The minimum absolute atomic E-state index is 0.0284. The minimum atomic E-state index is -1.15. The second-order valence-corrected chi connectivity index (χ2v) is 4.33. The van der Waals surface area contributed by atoms with Gasteiger partial charge in [-0.15, -0.1) is 0 Å². The molecule has 0 aliphatic carbocycles. The number of nitrogens with one attached hydrogen (secondary N) is 1. The third-order valence-corrected chi connectivity index (χ3v) is 2.18. The number of rotatable bonds is 3. The molecular weight excluding hydrogens is 265 g/mol. The molecule has 0 saturated carbocycles. The smallest absolute Gasteiger partial charge is 0.337 e. The van der Waals surface area contributed by atoms with Crippen LogP contribution in [0, 0.1) is 5.82 Å². The van der Waals surface area contributed by atoms with E-state index >= 15 is 0 Å². The van der Waals surface area contributed by atoms with Gasteiger partial charge in [-0.3, -0.25) is 0 Å². The van der Waals surface area contributed by atoms with Gasteiger partial charge in [0, 0.05) is 10.5 Å². The Balaban J connectivity index is 3.27. The van der Waals surface area contributed by atoms with Crippen LogP contribution in [0.15, 0.2) is 16.6 Å². The molecule has 0 aliphatic rings. The molecule has 3 nitrogen and oxygen atoms in total. The lowest BCUT2D eigenvalue weighted by Gasteiger charge is -2.13. The molecule has 0 heterocycles. The van der Waals surface area contributed by atoms with Gasteiger partial charge in [-0.2, -0.15) is 0 Å². The van der Waals surface area contributed by atoms with E-state index in [0.29, 0.717) is 4.47 Å². The van der Waals surface area contributed by atoms with Crippen LogP contribution in [0.4, 0.5) is 10.1 Å². The highest BCUT2D eigenvalue weighted by atomic mass is 79.9. The zero-order valence-corrected chi connectivity index (χ0v) is 9.93. The highest BCUT2D eigenvalue weighted by Gasteiger charge is 2.16. The highest BCUT2D eigenvalue weighted by Crippen LogP contribution is 2.25. The van der Waals surface area contributed by atoms with Gasteiger partial charge in [-0.05, 0) is 26.0 Å². The van der Waals surface area contributed by atoms with Crippen molar-refractivity contribution in [1.29, 1.82) is 0 Å². The molecule has 0 spiro atoms. The van der Waals surface area contributed by atoms with Crippen LogP contribution in [0.3, 0.4) is 0 Å². The Hall–Kier alpha value is -1.10. The summed E-state index contributed by atoms with van der Waals surface area (Å²) in [5.41, 5.74) is -0.0451. The predicted octanol–water partition coefficient (Wildman–Crippen LogP) is 3.11. The molecule has 0 aromatic heterocycles. The Labute approximate surface area is 95.4 Å². The van der Waals surface area contributed by atoms with E-state index in [1.807, 2.05) is 13.8 Å². The summed E-state index contributed by atoms with van der Waals surface area (Å²) in [6.45, 7) is 3.63. The molecule has 0 unspecified atom stereocenters. The van der Waals surface area contributed by atoms with Crippen molar-refractivity contribution in [2.45, 2.75) is 19.9 Å². The summed E-state index contributed by atoms with van der Waals surface area (Å²) in [5, 5.41) is 11.7. The Kier molecular flexibility index (Phi) is 3.68. The summed E-state index contributed by atoms with van der Waals surface area (Å²) < 4.78 is 13.9.